The number of hydrogen-bond donors (Lipinski definition) is 1. The third kappa shape index (κ3) is 4.33. The van der Waals surface area contributed by atoms with E-state index < -0.39 is 5.97 Å². The average Bonchev–Trinajstić information content (AvgIpc) is 3.06. The molecule has 26 heavy (non-hydrogen) atoms. The van der Waals surface area contributed by atoms with Gasteiger partial charge in [-0.2, -0.15) is 0 Å². The first-order valence-corrected chi connectivity index (χ1v) is 9.91. The van der Waals surface area contributed by atoms with Crippen molar-refractivity contribution in [3.63, 3.8) is 0 Å². The van der Waals surface area contributed by atoms with E-state index in [0.29, 0.717) is 4.88 Å². The molecule has 0 fully saturated rings. The molecule has 1 atom stereocenters. The zero-order valence-electron chi connectivity index (χ0n) is 15.6. The Labute approximate surface area is 158 Å². The van der Waals surface area contributed by atoms with Crippen molar-refractivity contribution in [2.45, 2.75) is 52.5 Å². The van der Waals surface area contributed by atoms with Crippen LogP contribution >= 0.6 is 11.3 Å². The minimum absolute atomic E-state index is 0.130. The lowest BCUT2D eigenvalue weighted by Crippen LogP contribution is -2.31. The fraction of sp³-hybridized carbons (Fsp3) is 0.429. The number of esters is 1. The fourth-order valence-electron chi connectivity index (χ4n) is 3.19. The van der Waals surface area contributed by atoms with Gasteiger partial charge in [-0.15, -0.1) is 11.3 Å². The maximum atomic E-state index is 12.2. The fourth-order valence-corrected chi connectivity index (χ4v) is 4.34. The molecule has 4 nitrogen and oxygen atoms in total. The second-order valence-electron chi connectivity index (χ2n) is 6.98. The van der Waals surface area contributed by atoms with Crippen molar-refractivity contribution < 1.29 is 14.3 Å². The minimum atomic E-state index is -0.404. The highest BCUT2D eigenvalue weighted by molar-refractivity contribution is 7.14. The summed E-state index contributed by atoms with van der Waals surface area (Å²) in [7, 11) is 0. The van der Waals surface area contributed by atoms with Gasteiger partial charge in [0, 0.05) is 4.88 Å². The molecular formula is C21H25NO3S. The maximum Gasteiger partial charge on any atom is 0.348 e. The molecule has 1 aliphatic carbocycles. The van der Waals surface area contributed by atoms with Crippen molar-refractivity contribution in [2.24, 2.45) is 0 Å². The molecule has 2 aromatic rings. The number of nitrogens with one attached hydrogen (secondary N) is 1. The molecule has 0 saturated carbocycles. The number of amides is 1. The second kappa shape index (κ2) is 8.04. The van der Waals surface area contributed by atoms with Crippen molar-refractivity contribution in [3.05, 3.63) is 56.3 Å². The van der Waals surface area contributed by atoms with Crippen LogP contribution in [-0.4, -0.2) is 18.5 Å². The number of ether oxygens (including phenoxy) is 1. The van der Waals surface area contributed by atoms with E-state index in [0.717, 1.165) is 18.4 Å². The molecular weight excluding hydrogens is 346 g/mol. The third-order valence-corrected chi connectivity index (χ3v) is 6.16. The van der Waals surface area contributed by atoms with E-state index in [1.807, 2.05) is 25.1 Å². The van der Waals surface area contributed by atoms with Gasteiger partial charge in [-0.1, -0.05) is 18.2 Å². The summed E-state index contributed by atoms with van der Waals surface area (Å²) in [6.07, 6.45) is 4.44. The van der Waals surface area contributed by atoms with Gasteiger partial charge in [0.15, 0.2) is 6.61 Å². The molecule has 1 aliphatic rings. The highest BCUT2D eigenvalue weighted by Crippen LogP contribution is 2.30. The van der Waals surface area contributed by atoms with Gasteiger partial charge in [0.25, 0.3) is 5.91 Å². The van der Waals surface area contributed by atoms with Crippen molar-refractivity contribution in [2.75, 3.05) is 6.61 Å². The van der Waals surface area contributed by atoms with Crippen LogP contribution in [0.5, 0.6) is 0 Å². The number of carbonyl (C=O) groups is 2. The summed E-state index contributed by atoms with van der Waals surface area (Å²) >= 11 is 1.50. The Bertz CT molecular complexity index is 801. The Morgan fingerprint density at radius 2 is 1.92 bits per heavy atom. The maximum absolute atomic E-state index is 12.2. The Morgan fingerprint density at radius 1 is 1.15 bits per heavy atom. The van der Waals surface area contributed by atoms with Crippen LogP contribution in [0.15, 0.2) is 24.3 Å². The average molecular weight is 372 g/mol. The second-order valence-corrected chi connectivity index (χ2v) is 8.11. The zero-order chi connectivity index (χ0) is 18.7. The van der Waals surface area contributed by atoms with E-state index >= 15 is 0 Å². The Hall–Kier alpha value is -2.14. The topological polar surface area (TPSA) is 55.4 Å². The molecule has 1 aromatic carbocycles. The standard InChI is InChI=1S/C21H25NO3S/c1-13-8-9-16(10-14(13)2)15(3)22-20(23)12-25-21(24)19-11-17-6-4-5-7-18(17)26-19/h8-11,15H,4-7,12H2,1-3H3,(H,22,23)/t15-/m1/s1. The van der Waals surface area contributed by atoms with Crippen molar-refractivity contribution >= 4 is 23.2 Å². The molecule has 1 heterocycles. The minimum Gasteiger partial charge on any atom is -0.451 e. The van der Waals surface area contributed by atoms with Crippen LogP contribution in [-0.2, 0) is 22.4 Å². The monoisotopic (exact) mass is 371 g/mol. The van der Waals surface area contributed by atoms with Gasteiger partial charge in [-0.3, -0.25) is 4.79 Å². The van der Waals surface area contributed by atoms with Crippen molar-refractivity contribution in [3.8, 4) is 0 Å². The van der Waals surface area contributed by atoms with Crippen molar-refractivity contribution in [1.82, 2.24) is 5.32 Å². The highest BCUT2D eigenvalue weighted by atomic mass is 32.1. The Balaban J connectivity index is 1.52. The van der Waals surface area contributed by atoms with Gasteiger partial charge in [-0.05, 0) is 74.8 Å². The lowest BCUT2D eigenvalue weighted by Gasteiger charge is -2.15. The number of thiophene rings is 1. The smallest absolute Gasteiger partial charge is 0.348 e. The van der Waals surface area contributed by atoms with E-state index in [9.17, 15) is 9.59 Å². The summed E-state index contributed by atoms with van der Waals surface area (Å²) in [6.45, 7) is 5.79. The lowest BCUT2D eigenvalue weighted by atomic mass is 9.99. The molecule has 0 spiro atoms. The van der Waals surface area contributed by atoms with Crippen LogP contribution in [0, 0.1) is 13.8 Å². The molecule has 0 bridgehead atoms. The summed E-state index contributed by atoms with van der Waals surface area (Å²) in [4.78, 5) is 26.2. The van der Waals surface area contributed by atoms with Gasteiger partial charge in [0.05, 0.1) is 6.04 Å². The van der Waals surface area contributed by atoms with Crippen LogP contribution < -0.4 is 5.32 Å². The van der Waals surface area contributed by atoms with E-state index in [1.165, 1.54) is 45.7 Å². The SMILES string of the molecule is Cc1ccc([C@@H](C)NC(=O)COC(=O)c2cc3c(s2)CCCC3)cc1C. The lowest BCUT2D eigenvalue weighted by molar-refractivity contribution is -0.124. The van der Waals surface area contributed by atoms with Crippen LogP contribution in [0.4, 0.5) is 0 Å². The molecule has 5 heteroatoms. The molecule has 0 unspecified atom stereocenters. The summed E-state index contributed by atoms with van der Waals surface area (Å²) in [5.41, 5.74) is 4.72. The Morgan fingerprint density at radius 3 is 2.65 bits per heavy atom. The van der Waals surface area contributed by atoms with Crippen LogP contribution in [0.3, 0.4) is 0 Å². The first-order chi connectivity index (χ1) is 12.4. The van der Waals surface area contributed by atoms with E-state index in [-0.39, 0.29) is 18.6 Å². The Kier molecular flexibility index (Phi) is 5.77. The molecule has 1 aromatic heterocycles. The molecule has 138 valence electrons. The molecule has 0 radical (unpaired) electrons. The molecule has 0 aliphatic heterocycles. The summed E-state index contributed by atoms with van der Waals surface area (Å²) in [6, 6.07) is 7.93. The number of aryl methyl sites for hydroxylation is 4. The highest BCUT2D eigenvalue weighted by Gasteiger charge is 2.19. The number of carbonyl (C=O) groups excluding carboxylic acids is 2. The summed E-state index contributed by atoms with van der Waals surface area (Å²) < 4.78 is 5.21. The van der Waals surface area contributed by atoms with Gasteiger partial charge >= 0.3 is 5.97 Å². The molecule has 1 N–H and O–H groups in total. The summed E-state index contributed by atoms with van der Waals surface area (Å²) in [5, 5.41) is 2.89. The normalized spacial score (nSPS) is 14.4. The predicted octanol–water partition coefficient (Wildman–Crippen LogP) is 4.28. The summed E-state index contributed by atoms with van der Waals surface area (Å²) in [5.74, 6) is -0.691. The van der Waals surface area contributed by atoms with Gasteiger partial charge in [-0.25, -0.2) is 4.79 Å². The predicted molar refractivity (Wildman–Crippen MR) is 104 cm³/mol. The molecule has 0 saturated heterocycles. The van der Waals surface area contributed by atoms with Crippen LogP contribution in [0.2, 0.25) is 0 Å². The zero-order valence-corrected chi connectivity index (χ0v) is 16.4. The molecule has 3 rings (SSSR count). The van der Waals surface area contributed by atoms with Crippen LogP contribution in [0.1, 0.15) is 62.6 Å². The van der Waals surface area contributed by atoms with E-state index in [1.54, 1.807) is 0 Å². The van der Waals surface area contributed by atoms with Crippen LogP contribution in [0.25, 0.3) is 0 Å². The number of rotatable bonds is 5. The van der Waals surface area contributed by atoms with Crippen molar-refractivity contribution in [1.29, 1.82) is 0 Å². The van der Waals surface area contributed by atoms with Gasteiger partial charge in [0.2, 0.25) is 0 Å². The first-order valence-electron chi connectivity index (χ1n) is 9.09. The number of hydrogen-bond acceptors (Lipinski definition) is 4. The third-order valence-electron chi connectivity index (χ3n) is 4.94. The van der Waals surface area contributed by atoms with Gasteiger partial charge in [0.1, 0.15) is 4.88 Å². The van der Waals surface area contributed by atoms with Gasteiger partial charge < -0.3 is 10.1 Å². The van der Waals surface area contributed by atoms with E-state index in [4.69, 9.17) is 4.74 Å². The van der Waals surface area contributed by atoms with E-state index in [2.05, 4.69) is 25.2 Å². The first kappa shape index (κ1) is 18.6. The molecule has 1 amide bonds. The quantitative estimate of drug-likeness (QED) is 0.798. The number of benzene rings is 1. The largest absolute Gasteiger partial charge is 0.451 e. The number of fused-ring (bicyclic) bond motifs is 1.